The second kappa shape index (κ2) is 7.97. The summed E-state index contributed by atoms with van der Waals surface area (Å²) in [6, 6.07) is 15.8. The fraction of sp³-hybridized carbons (Fsp3) is 0.273. The van der Waals surface area contributed by atoms with Gasteiger partial charge >= 0.3 is 0 Å². The number of amides is 1. The van der Waals surface area contributed by atoms with Gasteiger partial charge in [-0.3, -0.25) is 4.79 Å². The Balaban J connectivity index is 2.20. The molecular formula is C22H24ClN3O. The van der Waals surface area contributed by atoms with Crippen LogP contribution < -0.4 is 5.32 Å². The Kier molecular flexibility index (Phi) is 5.66. The third kappa shape index (κ3) is 4.22. The van der Waals surface area contributed by atoms with Crippen molar-refractivity contribution in [1.82, 2.24) is 4.90 Å². The Morgan fingerprint density at radius 2 is 1.70 bits per heavy atom. The predicted molar refractivity (Wildman–Crippen MR) is 112 cm³/mol. The number of benzodiazepines with no additional fused rings is 1. The van der Waals surface area contributed by atoms with Crippen LogP contribution in [0.15, 0.2) is 65.4 Å². The molecule has 0 bridgehead atoms. The standard InChI is InChI=1S/C22H24ClN3O/c1-14(2)26(15(3)4)13-20-22(27)25-19-11-10-17(23)12-18(19)21(24-20)16-8-6-5-7-9-16/h5-15H,1-4H3,(H,25,27)/b20-13+. The summed E-state index contributed by atoms with van der Waals surface area (Å²) in [6.07, 6.45) is 1.85. The van der Waals surface area contributed by atoms with Crippen LogP contribution in [0.4, 0.5) is 5.69 Å². The predicted octanol–water partition coefficient (Wildman–Crippen LogP) is 5.09. The number of anilines is 1. The van der Waals surface area contributed by atoms with Crippen LogP contribution in [-0.4, -0.2) is 28.6 Å². The van der Waals surface area contributed by atoms with Crippen molar-refractivity contribution in [3.63, 3.8) is 0 Å². The maximum atomic E-state index is 12.9. The molecule has 0 aromatic heterocycles. The summed E-state index contributed by atoms with van der Waals surface area (Å²) in [4.78, 5) is 19.8. The summed E-state index contributed by atoms with van der Waals surface area (Å²) in [5.74, 6) is -0.226. The molecule has 1 aliphatic rings. The zero-order chi connectivity index (χ0) is 19.6. The summed E-state index contributed by atoms with van der Waals surface area (Å²) in [5.41, 5.74) is 3.56. The first-order valence-electron chi connectivity index (χ1n) is 9.11. The molecule has 1 aliphatic heterocycles. The number of hydrogen-bond acceptors (Lipinski definition) is 3. The Hall–Kier alpha value is -2.59. The zero-order valence-electron chi connectivity index (χ0n) is 16.0. The molecule has 27 heavy (non-hydrogen) atoms. The highest BCUT2D eigenvalue weighted by Crippen LogP contribution is 2.28. The molecule has 3 rings (SSSR count). The lowest BCUT2D eigenvalue weighted by molar-refractivity contribution is -0.112. The van der Waals surface area contributed by atoms with Gasteiger partial charge in [0.25, 0.3) is 5.91 Å². The van der Waals surface area contributed by atoms with Crippen LogP contribution in [0.5, 0.6) is 0 Å². The fourth-order valence-corrected chi connectivity index (χ4v) is 3.35. The second-order valence-electron chi connectivity index (χ2n) is 7.12. The van der Waals surface area contributed by atoms with Crippen LogP contribution in [0.2, 0.25) is 5.02 Å². The molecule has 0 spiro atoms. The van der Waals surface area contributed by atoms with Crippen LogP contribution in [0, 0.1) is 0 Å². The van der Waals surface area contributed by atoms with Crippen molar-refractivity contribution in [3.05, 3.63) is 76.6 Å². The van der Waals surface area contributed by atoms with Gasteiger partial charge in [0, 0.05) is 34.4 Å². The van der Waals surface area contributed by atoms with Crippen molar-refractivity contribution in [2.24, 2.45) is 4.99 Å². The van der Waals surface area contributed by atoms with Crippen molar-refractivity contribution in [3.8, 4) is 0 Å². The minimum absolute atomic E-state index is 0.226. The number of carbonyl (C=O) groups excluding carboxylic acids is 1. The highest BCUT2D eigenvalue weighted by Gasteiger charge is 2.23. The summed E-state index contributed by atoms with van der Waals surface area (Å²) >= 11 is 6.23. The molecule has 0 saturated carbocycles. The topological polar surface area (TPSA) is 44.7 Å². The van der Waals surface area contributed by atoms with Crippen LogP contribution in [0.3, 0.4) is 0 Å². The molecule has 2 aromatic rings. The molecule has 0 aliphatic carbocycles. The maximum absolute atomic E-state index is 12.9. The lowest BCUT2D eigenvalue weighted by atomic mass is 10.0. The van der Waals surface area contributed by atoms with E-state index in [9.17, 15) is 4.79 Å². The second-order valence-corrected chi connectivity index (χ2v) is 7.56. The molecule has 0 atom stereocenters. The van der Waals surface area contributed by atoms with E-state index in [0.717, 1.165) is 16.8 Å². The first-order valence-corrected chi connectivity index (χ1v) is 9.49. The molecule has 1 heterocycles. The Labute approximate surface area is 165 Å². The van der Waals surface area contributed by atoms with Gasteiger partial charge in [-0.1, -0.05) is 41.9 Å². The monoisotopic (exact) mass is 381 g/mol. The normalized spacial score (nSPS) is 15.4. The van der Waals surface area contributed by atoms with Gasteiger partial charge < -0.3 is 10.2 Å². The van der Waals surface area contributed by atoms with Gasteiger partial charge in [-0.2, -0.15) is 0 Å². The number of aliphatic imine (C=N–C) groups is 1. The quantitative estimate of drug-likeness (QED) is 0.749. The molecule has 0 radical (unpaired) electrons. The fourth-order valence-electron chi connectivity index (χ4n) is 3.18. The number of hydrogen-bond donors (Lipinski definition) is 1. The average Bonchev–Trinajstić information content (AvgIpc) is 2.76. The first-order chi connectivity index (χ1) is 12.9. The van der Waals surface area contributed by atoms with Crippen LogP contribution in [-0.2, 0) is 4.79 Å². The van der Waals surface area contributed by atoms with Crippen LogP contribution >= 0.6 is 11.6 Å². The lowest BCUT2D eigenvalue weighted by Gasteiger charge is -2.29. The lowest BCUT2D eigenvalue weighted by Crippen LogP contribution is -2.33. The molecule has 0 unspecified atom stereocenters. The third-order valence-corrected chi connectivity index (χ3v) is 4.70. The van der Waals surface area contributed by atoms with E-state index < -0.39 is 0 Å². The number of carbonyl (C=O) groups is 1. The third-order valence-electron chi connectivity index (χ3n) is 4.46. The molecule has 0 fully saturated rings. The molecule has 140 valence electrons. The summed E-state index contributed by atoms with van der Waals surface area (Å²) in [5, 5.41) is 3.58. The van der Waals surface area contributed by atoms with Gasteiger partial charge in [0.1, 0.15) is 5.70 Å². The Morgan fingerprint density at radius 3 is 2.33 bits per heavy atom. The largest absolute Gasteiger partial charge is 0.371 e. The smallest absolute Gasteiger partial charge is 0.275 e. The number of rotatable bonds is 4. The minimum atomic E-state index is -0.226. The summed E-state index contributed by atoms with van der Waals surface area (Å²) < 4.78 is 0. The van der Waals surface area contributed by atoms with Gasteiger partial charge in [-0.15, -0.1) is 0 Å². The molecule has 1 amide bonds. The molecule has 4 nitrogen and oxygen atoms in total. The van der Waals surface area contributed by atoms with Gasteiger partial charge in [0.05, 0.1) is 11.4 Å². The van der Waals surface area contributed by atoms with Crippen LogP contribution in [0.25, 0.3) is 0 Å². The van der Waals surface area contributed by atoms with E-state index in [-0.39, 0.29) is 18.0 Å². The van der Waals surface area contributed by atoms with E-state index in [1.54, 1.807) is 6.07 Å². The van der Waals surface area contributed by atoms with Crippen molar-refractivity contribution in [2.45, 2.75) is 39.8 Å². The number of nitrogens with one attached hydrogen (secondary N) is 1. The molecular weight excluding hydrogens is 358 g/mol. The maximum Gasteiger partial charge on any atom is 0.275 e. The van der Waals surface area contributed by atoms with Crippen molar-refractivity contribution in [2.75, 3.05) is 5.32 Å². The van der Waals surface area contributed by atoms with Gasteiger partial charge in [0.15, 0.2) is 0 Å². The van der Waals surface area contributed by atoms with E-state index in [1.165, 1.54) is 0 Å². The van der Waals surface area contributed by atoms with Crippen molar-refractivity contribution < 1.29 is 4.79 Å². The van der Waals surface area contributed by atoms with E-state index >= 15 is 0 Å². The number of halogens is 1. The van der Waals surface area contributed by atoms with Crippen LogP contribution in [0.1, 0.15) is 38.8 Å². The van der Waals surface area contributed by atoms with Gasteiger partial charge in [-0.05, 0) is 45.9 Å². The zero-order valence-corrected chi connectivity index (χ0v) is 16.8. The van der Waals surface area contributed by atoms with E-state index in [1.807, 2.05) is 48.7 Å². The number of fused-ring (bicyclic) bond motifs is 1. The molecule has 1 N–H and O–H groups in total. The van der Waals surface area contributed by atoms with Gasteiger partial charge in [-0.25, -0.2) is 4.99 Å². The highest BCUT2D eigenvalue weighted by molar-refractivity contribution is 6.32. The molecule has 0 saturated heterocycles. The highest BCUT2D eigenvalue weighted by atomic mass is 35.5. The van der Waals surface area contributed by atoms with E-state index in [0.29, 0.717) is 16.4 Å². The van der Waals surface area contributed by atoms with Crippen molar-refractivity contribution in [1.29, 1.82) is 0 Å². The number of nitrogens with zero attached hydrogens (tertiary/aromatic N) is 2. The minimum Gasteiger partial charge on any atom is -0.371 e. The molecule has 5 heteroatoms. The van der Waals surface area contributed by atoms with Crippen molar-refractivity contribution >= 4 is 28.9 Å². The SMILES string of the molecule is CC(C)N(/C=C1/N=C(c2ccccc2)c2cc(Cl)ccc2NC1=O)C(C)C. The summed E-state index contributed by atoms with van der Waals surface area (Å²) in [6.45, 7) is 8.40. The summed E-state index contributed by atoms with van der Waals surface area (Å²) in [7, 11) is 0. The first kappa shape index (κ1) is 19.2. The van der Waals surface area contributed by atoms with E-state index in [2.05, 4.69) is 37.9 Å². The Bertz CT molecular complexity index is 893. The molecule has 2 aromatic carbocycles. The average molecular weight is 382 g/mol. The Morgan fingerprint density at radius 1 is 1.04 bits per heavy atom. The van der Waals surface area contributed by atoms with Gasteiger partial charge in [0.2, 0.25) is 0 Å². The number of benzene rings is 2. The van der Waals surface area contributed by atoms with E-state index in [4.69, 9.17) is 16.6 Å².